The summed E-state index contributed by atoms with van der Waals surface area (Å²) in [5.41, 5.74) is 4.04. The van der Waals surface area contributed by atoms with Crippen molar-refractivity contribution >= 4 is 49.8 Å². The van der Waals surface area contributed by atoms with E-state index < -0.39 is 0 Å². The quantitative estimate of drug-likeness (QED) is 0.174. The monoisotopic (exact) mass is 486 g/mol. The third-order valence-corrected chi connectivity index (χ3v) is 5.98. The highest BCUT2D eigenvalue weighted by molar-refractivity contribution is 7.22. The van der Waals surface area contributed by atoms with Crippen LogP contribution in [0.4, 0.5) is 10.8 Å². The number of nitrogens with one attached hydrogen (secondary N) is 2. The molecule has 3 aromatic carbocycles. The Hall–Kier alpha value is -3.84. The van der Waals surface area contributed by atoms with Crippen LogP contribution in [0.5, 0.6) is 0 Å². The highest BCUT2D eigenvalue weighted by atomic mass is 32.1. The Morgan fingerprint density at radius 1 is 0.886 bits per heavy atom. The summed E-state index contributed by atoms with van der Waals surface area (Å²) in [6.07, 6.45) is 0.924. The molecule has 0 fully saturated rings. The van der Waals surface area contributed by atoms with Gasteiger partial charge in [-0.05, 0) is 57.0 Å². The van der Waals surface area contributed by atoms with E-state index in [-0.39, 0.29) is 18.1 Å². The van der Waals surface area contributed by atoms with Crippen LogP contribution in [0, 0.1) is 0 Å². The van der Waals surface area contributed by atoms with Gasteiger partial charge in [-0.3, -0.25) is 14.6 Å². The number of carbonyl (C=O) groups is 2. The molecule has 1 aromatic heterocycles. The van der Waals surface area contributed by atoms with E-state index >= 15 is 0 Å². The first kappa shape index (κ1) is 25.8. The maximum Gasteiger partial charge on any atom is 0.183 e. The van der Waals surface area contributed by atoms with Gasteiger partial charge in [-0.15, -0.1) is 0 Å². The molecule has 0 amide bonds. The molecular formula is C28H30N4O2S. The lowest BCUT2D eigenvalue weighted by Crippen LogP contribution is -2.10. The Balaban J connectivity index is 0.000000320. The van der Waals surface area contributed by atoms with Gasteiger partial charge in [-0.1, -0.05) is 65.9 Å². The average molecular weight is 487 g/mol. The number of Topliss-reactive ketones (excluding diaryl/α,β-unsaturated/α-hetero) is 2. The zero-order valence-electron chi connectivity index (χ0n) is 20.2. The standard InChI is InChI=1S/C20H22N4OS.C8H8O/c1-14(25)13-22-15(2)23-17-9-7-16(8-10-17)11-12-21-20-24-18-5-3-4-6-19(18)26-20;1-7(9)8-5-3-2-4-6-8/h3-10H,11-13H2,1-2H3,(H,21,24)(H,22,23);2-6H,1H3. The Kier molecular flexibility index (Phi) is 9.69. The Morgan fingerprint density at radius 2 is 1.57 bits per heavy atom. The summed E-state index contributed by atoms with van der Waals surface area (Å²) in [4.78, 5) is 30.4. The minimum absolute atomic E-state index is 0.0575. The number of carbonyl (C=O) groups excluding carboxylic acids is 2. The van der Waals surface area contributed by atoms with Crippen molar-refractivity contribution in [3.05, 3.63) is 90.0 Å². The number of benzene rings is 3. The molecule has 0 saturated carbocycles. The van der Waals surface area contributed by atoms with Gasteiger partial charge in [0.05, 0.1) is 22.6 Å². The van der Waals surface area contributed by atoms with Crippen LogP contribution in [0.2, 0.25) is 0 Å². The summed E-state index contributed by atoms with van der Waals surface area (Å²) in [5, 5.41) is 7.55. The predicted molar refractivity (Wildman–Crippen MR) is 147 cm³/mol. The van der Waals surface area contributed by atoms with E-state index in [4.69, 9.17) is 0 Å². The molecule has 35 heavy (non-hydrogen) atoms. The smallest absolute Gasteiger partial charge is 0.183 e. The number of para-hydroxylation sites is 1. The van der Waals surface area contributed by atoms with Crippen LogP contribution in [0.1, 0.15) is 36.7 Å². The number of hydrogen-bond donors (Lipinski definition) is 2. The first-order chi connectivity index (χ1) is 16.9. The number of ketones is 2. The molecule has 1 heterocycles. The highest BCUT2D eigenvalue weighted by Crippen LogP contribution is 2.25. The fourth-order valence-electron chi connectivity index (χ4n) is 3.17. The molecule has 0 saturated heterocycles. The summed E-state index contributed by atoms with van der Waals surface area (Å²) in [6.45, 7) is 6.02. The molecule has 0 aliphatic heterocycles. The van der Waals surface area contributed by atoms with E-state index in [9.17, 15) is 9.59 Å². The zero-order valence-corrected chi connectivity index (χ0v) is 21.1. The van der Waals surface area contributed by atoms with E-state index in [0.29, 0.717) is 0 Å². The number of amidine groups is 1. The van der Waals surface area contributed by atoms with E-state index in [1.807, 2.05) is 67.6 Å². The van der Waals surface area contributed by atoms with E-state index in [0.717, 1.165) is 40.7 Å². The molecule has 4 aromatic rings. The molecule has 0 atom stereocenters. The van der Waals surface area contributed by atoms with Crippen LogP contribution in [0.15, 0.2) is 83.9 Å². The fraction of sp³-hybridized carbons (Fsp3) is 0.214. The van der Waals surface area contributed by atoms with Gasteiger partial charge in [0.15, 0.2) is 16.7 Å². The minimum atomic E-state index is 0.0575. The van der Waals surface area contributed by atoms with Gasteiger partial charge >= 0.3 is 0 Å². The molecular weight excluding hydrogens is 456 g/mol. The lowest BCUT2D eigenvalue weighted by Gasteiger charge is -2.07. The van der Waals surface area contributed by atoms with E-state index in [1.54, 1.807) is 18.3 Å². The summed E-state index contributed by atoms with van der Waals surface area (Å²) < 4.78 is 1.20. The van der Waals surface area contributed by atoms with Crippen LogP contribution in [0.3, 0.4) is 0 Å². The van der Waals surface area contributed by atoms with E-state index in [2.05, 4.69) is 38.8 Å². The predicted octanol–water partition coefficient (Wildman–Crippen LogP) is 6.26. The SMILES string of the molecule is CC(=O)CN=C(C)Nc1ccc(CCNc2nc3ccccc3s2)cc1.CC(=O)c1ccccc1. The second-order valence-corrected chi connectivity index (χ2v) is 9.04. The van der Waals surface area contributed by atoms with E-state index in [1.165, 1.54) is 17.2 Å². The zero-order chi connectivity index (χ0) is 25.0. The first-order valence-corrected chi connectivity index (χ1v) is 12.2. The number of nitrogens with zero attached hydrogens (tertiary/aromatic N) is 2. The van der Waals surface area contributed by atoms with Gasteiger partial charge < -0.3 is 10.6 Å². The molecule has 0 aliphatic rings. The molecule has 0 aliphatic carbocycles. The van der Waals surface area contributed by atoms with Gasteiger partial charge in [0.1, 0.15) is 0 Å². The van der Waals surface area contributed by atoms with Crippen molar-refractivity contribution in [3.8, 4) is 0 Å². The van der Waals surface area contributed by atoms with Gasteiger partial charge in [0.2, 0.25) is 0 Å². The minimum Gasteiger partial charge on any atom is -0.361 e. The third-order valence-electron chi connectivity index (χ3n) is 4.98. The molecule has 4 rings (SSSR count). The molecule has 0 unspecified atom stereocenters. The van der Waals surface area contributed by atoms with Crippen LogP contribution < -0.4 is 10.6 Å². The van der Waals surface area contributed by atoms with Gasteiger partial charge in [-0.2, -0.15) is 0 Å². The van der Waals surface area contributed by atoms with Crippen molar-refractivity contribution in [2.45, 2.75) is 27.2 Å². The number of hydrogen-bond acceptors (Lipinski definition) is 6. The number of aliphatic imine (C=N–C) groups is 1. The molecule has 0 spiro atoms. The molecule has 6 nitrogen and oxygen atoms in total. The first-order valence-electron chi connectivity index (χ1n) is 11.4. The van der Waals surface area contributed by atoms with Crippen molar-refractivity contribution in [2.75, 3.05) is 23.7 Å². The lowest BCUT2D eigenvalue weighted by atomic mass is 10.1. The molecule has 180 valence electrons. The fourth-order valence-corrected chi connectivity index (χ4v) is 4.06. The van der Waals surface area contributed by atoms with Crippen LogP contribution >= 0.6 is 11.3 Å². The number of thiazole rings is 1. The third kappa shape index (κ3) is 8.79. The Morgan fingerprint density at radius 3 is 2.20 bits per heavy atom. The molecule has 2 N–H and O–H groups in total. The van der Waals surface area contributed by atoms with Crippen molar-refractivity contribution in [1.29, 1.82) is 0 Å². The normalized spacial score (nSPS) is 10.9. The Bertz CT molecular complexity index is 1250. The average Bonchev–Trinajstić information content (AvgIpc) is 3.28. The number of anilines is 2. The summed E-state index contributed by atoms with van der Waals surface area (Å²) in [6, 6.07) is 25.6. The number of rotatable bonds is 8. The molecule has 0 bridgehead atoms. The summed E-state index contributed by atoms with van der Waals surface area (Å²) in [5.74, 6) is 0.920. The molecule has 7 heteroatoms. The Labute approximate surface area is 210 Å². The van der Waals surface area contributed by atoms with Crippen LogP contribution in [0.25, 0.3) is 10.2 Å². The van der Waals surface area contributed by atoms with Crippen molar-refractivity contribution in [3.63, 3.8) is 0 Å². The van der Waals surface area contributed by atoms with Gasteiger partial charge in [0, 0.05) is 17.8 Å². The molecule has 0 radical (unpaired) electrons. The van der Waals surface area contributed by atoms with Crippen molar-refractivity contribution in [2.24, 2.45) is 4.99 Å². The van der Waals surface area contributed by atoms with Gasteiger partial charge in [-0.25, -0.2) is 4.98 Å². The second kappa shape index (κ2) is 13.2. The van der Waals surface area contributed by atoms with Crippen molar-refractivity contribution in [1.82, 2.24) is 4.98 Å². The number of aromatic nitrogens is 1. The lowest BCUT2D eigenvalue weighted by molar-refractivity contribution is -0.115. The maximum atomic E-state index is 11.0. The second-order valence-electron chi connectivity index (χ2n) is 8.01. The van der Waals surface area contributed by atoms with Crippen LogP contribution in [-0.2, 0) is 11.2 Å². The largest absolute Gasteiger partial charge is 0.361 e. The van der Waals surface area contributed by atoms with Gasteiger partial charge in [0.25, 0.3) is 0 Å². The maximum absolute atomic E-state index is 11.0. The summed E-state index contributed by atoms with van der Waals surface area (Å²) in [7, 11) is 0. The topological polar surface area (TPSA) is 83.4 Å². The number of fused-ring (bicyclic) bond motifs is 1. The van der Waals surface area contributed by atoms with Crippen molar-refractivity contribution < 1.29 is 9.59 Å². The van der Waals surface area contributed by atoms with Crippen LogP contribution in [-0.4, -0.2) is 35.5 Å². The highest BCUT2D eigenvalue weighted by Gasteiger charge is 2.02. The summed E-state index contributed by atoms with van der Waals surface area (Å²) >= 11 is 1.68.